The maximum absolute atomic E-state index is 13.8. The van der Waals surface area contributed by atoms with Crippen LogP contribution in [0.2, 0.25) is 0 Å². The highest BCUT2D eigenvalue weighted by Gasteiger charge is 2.44. The number of carbonyl (C=O) groups excluding carboxylic acids is 5. The first kappa shape index (κ1) is 73.2. The molecule has 1 aliphatic rings. The lowest BCUT2D eigenvalue weighted by molar-refractivity contribution is -0.161. The normalized spacial score (nSPS) is 16.0. The van der Waals surface area contributed by atoms with Crippen molar-refractivity contribution < 1.29 is 70.0 Å². The molecule has 24 heteroatoms. The predicted octanol–water partition coefficient (Wildman–Crippen LogP) is 11.5. The van der Waals surface area contributed by atoms with Crippen molar-refractivity contribution in [1.29, 1.82) is 0 Å². The number of cyclic esters (lactones) is 1. The largest absolute Gasteiger partial charge is 0.512 e. The number of hydrogen-bond acceptors (Lipinski definition) is 15. The third-order valence-electron chi connectivity index (χ3n) is 15.6. The fourth-order valence-electron chi connectivity index (χ4n) is 10.7. The van der Waals surface area contributed by atoms with Crippen LogP contribution in [-0.2, 0) is 64.2 Å². The average Bonchev–Trinajstić information content (AvgIpc) is 0.786. The first-order valence-electron chi connectivity index (χ1n) is 30.5. The van der Waals surface area contributed by atoms with E-state index in [9.17, 15) is 55.8 Å². The summed E-state index contributed by atoms with van der Waals surface area (Å²) in [6, 6.07) is 37.4. The topological polar surface area (TPSA) is 277 Å². The number of carbonyl (C=O) groups is 5. The van der Waals surface area contributed by atoms with Gasteiger partial charge in [0.1, 0.15) is 23.4 Å². The van der Waals surface area contributed by atoms with Gasteiger partial charge in [-0.25, -0.2) is 24.4 Å². The minimum absolute atomic E-state index is 0.0421. The number of methoxy groups -OCH3 is 2. The number of esters is 1. The number of amides is 4. The molecule has 6 atom stereocenters. The zero-order valence-corrected chi connectivity index (χ0v) is 54.9. The third kappa shape index (κ3) is 21.3. The Balaban J connectivity index is 0.000000300. The molecule has 500 valence electrons. The molecule has 3 heterocycles. The average molecular weight is 1310 g/mol. The molecule has 2 aromatic heterocycles. The summed E-state index contributed by atoms with van der Waals surface area (Å²) in [5, 5.41) is 32.2. The lowest BCUT2D eigenvalue weighted by Crippen LogP contribution is -2.60. The number of aliphatic hydroxyl groups excluding tert-OH is 2. The van der Waals surface area contributed by atoms with Gasteiger partial charge in [0.2, 0.25) is 5.91 Å². The van der Waals surface area contributed by atoms with Gasteiger partial charge in [-0.2, -0.15) is 21.6 Å². The van der Waals surface area contributed by atoms with Crippen molar-refractivity contribution in [2.75, 3.05) is 25.5 Å². The highest BCUT2D eigenvalue weighted by molar-refractivity contribution is 7.92. The number of ether oxygens (including phenoxy) is 3. The minimum Gasteiger partial charge on any atom is -0.512 e. The van der Waals surface area contributed by atoms with Crippen molar-refractivity contribution in [3.63, 3.8) is 0 Å². The molecule has 20 nitrogen and oxygen atoms in total. The van der Waals surface area contributed by atoms with Crippen molar-refractivity contribution in [3.8, 4) is 11.3 Å². The number of halogens is 3. The Morgan fingerprint density at radius 2 is 1.32 bits per heavy atom. The Morgan fingerprint density at radius 1 is 0.720 bits per heavy atom. The molecule has 0 saturated carbocycles. The van der Waals surface area contributed by atoms with E-state index < -0.39 is 103 Å². The number of hydrazine groups is 1. The molecule has 7 rings (SSSR count). The summed E-state index contributed by atoms with van der Waals surface area (Å²) in [6.07, 6.45) is -1.78. The quantitative estimate of drug-likeness (QED) is 0.0159. The van der Waals surface area contributed by atoms with Crippen molar-refractivity contribution in [2.45, 2.75) is 154 Å². The Kier molecular flexibility index (Phi) is 25.7. The number of nitrogens with zero attached hydrogens (tertiary/aromatic N) is 3. The van der Waals surface area contributed by atoms with Crippen LogP contribution in [0.4, 0.5) is 28.4 Å². The fourth-order valence-corrected chi connectivity index (χ4v) is 11.7. The monoisotopic (exact) mass is 1310 g/mol. The maximum Gasteiger partial charge on any atom is 0.417 e. The van der Waals surface area contributed by atoms with E-state index in [2.05, 4.69) is 36.1 Å². The predicted molar refractivity (Wildman–Crippen MR) is 346 cm³/mol. The van der Waals surface area contributed by atoms with Crippen LogP contribution in [0, 0.1) is 10.8 Å². The van der Waals surface area contributed by atoms with Crippen molar-refractivity contribution >= 4 is 45.7 Å². The molecule has 0 radical (unpaired) electrons. The summed E-state index contributed by atoms with van der Waals surface area (Å²) in [4.78, 5) is 73.2. The zero-order chi connectivity index (χ0) is 68.3. The van der Waals surface area contributed by atoms with E-state index in [4.69, 9.17) is 14.2 Å². The number of aliphatic hydroxyl groups is 2. The maximum atomic E-state index is 13.8. The summed E-state index contributed by atoms with van der Waals surface area (Å²) in [7, 11) is -1.87. The summed E-state index contributed by atoms with van der Waals surface area (Å²) >= 11 is 0. The molecular weight excluding hydrogens is 1220 g/mol. The number of sulfonamides is 1. The second-order valence-corrected chi connectivity index (χ2v) is 26.6. The molecule has 4 aromatic carbocycles. The smallest absolute Gasteiger partial charge is 0.417 e. The van der Waals surface area contributed by atoms with Gasteiger partial charge in [0, 0.05) is 49.1 Å². The molecule has 0 unspecified atom stereocenters. The van der Waals surface area contributed by atoms with Crippen molar-refractivity contribution in [3.05, 3.63) is 191 Å². The summed E-state index contributed by atoms with van der Waals surface area (Å²) in [5.74, 6) is -2.26. The summed E-state index contributed by atoms with van der Waals surface area (Å²) in [6.45, 7) is 14.7. The van der Waals surface area contributed by atoms with Gasteiger partial charge in [-0.15, -0.1) is 0 Å². The molecule has 0 aliphatic carbocycles. The number of aryl methyl sites for hydroxylation is 1. The third-order valence-corrected chi connectivity index (χ3v) is 16.9. The molecule has 0 spiro atoms. The van der Waals surface area contributed by atoms with Crippen LogP contribution in [0.25, 0.3) is 11.3 Å². The van der Waals surface area contributed by atoms with E-state index in [-0.39, 0.29) is 43.0 Å². The molecule has 1 aliphatic heterocycles. The number of alkyl carbamates (subject to hydrolysis) is 2. The second-order valence-electron chi connectivity index (χ2n) is 24.9. The lowest BCUT2D eigenvalue weighted by Gasteiger charge is -2.38. The highest BCUT2D eigenvalue weighted by atomic mass is 32.2. The molecular formula is C69H85F3N8O12S. The van der Waals surface area contributed by atoms with Crippen molar-refractivity contribution in [2.24, 2.45) is 10.8 Å². The van der Waals surface area contributed by atoms with E-state index in [0.717, 1.165) is 40.4 Å². The van der Waals surface area contributed by atoms with E-state index in [1.54, 1.807) is 44.1 Å². The molecule has 7 N–H and O–H groups in total. The van der Waals surface area contributed by atoms with Crippen LogP contribution in [0.1, 0.15) is 121 Å². The van der Waals surface area contributed by atoms with Gasteiger partial charge in [-0.05, 0) is 102 Å². The number of aromatic nitrogens is 2. The van der Waals surface area contributed by atoms with E-state index in [1.807, 2.05) is 138 Å². The van der Waals surface area contributed by atoms with Crippen LogP contribution in [0.3, 0.4) is 0 Å². The first-order chi connectivity index (χ1) is 43.9. The number of benzene rings is 4. The Morgan fingerprint density at radius 3 is 1.85 bits per heavy atom. The van der Waals surface area contributed by atoms with Crippen LogP contribution < -0.4 is 26.1 Å². The van der Waals surface area contributed by atoms with Crippen LogP contribution in [0.5, 0.6) is 0 Å². The van der Waals surface area contributed by atoms with Crippen LogP contribution in [-0.4, -0.2) is 114 Å². The van der Waals surface area contributed by atoms with Crippen LogP contribution in [0.15, 0.2) is 168 Å². The van der Waals surface area contributed by atoms with Gasteiger partial charge >= 0.3 is 24.3 Å². The molecule has 6 aromatic rings. The molecule has 0 fully saturated rings. The Hall–Kier alpha value is -8.87. The number of rotatable bonds is 25. The Labute approximate surface area is 542 Å². The lowest BCUT2D eigenvalue weighted by atomic mass is 9.80. The number of alkyl halides is 3. The first-order valence-corrected chi connectivity index (χ1v) is 32.0. The highest BCUT2D eigenvalue weighted by Crippen LogP contribution is 2.42. The number of nitrogens with one attached hydrogen (secondary N) is 5. The van der Waals surface area contributed by atoms with E-state index >= 15 is 0 Å². The number of pyridine rings is 2. The van der Waals surface area contributed by atoms with Crippen molar-refractivity contribution in [1.82, 2.24) is 36.4 Å². The standard InChI is InChI=1S/C38H52N6O7.C31H33F3N2O5S/c1-37(2,3)31(41-35(48)50-7)33(46)40-29(22-25-14-10-9-11-15-25)30(45)24-44(43-34(47)32(38(4,5)6)42-36(49)51-8)23-26-17-19-27(20-18-26)28-16-12-13-21-39-28;1-3-16-30(17-15-21-9-6-5-7-10-21)19-26(37)28(29(38)41-30)25(4-2)22-11-8-12-24(18-22)36-42(39,40)27-14-13-23(20-35-27)31(32,33)34/h9-21,29-32,45H,22-24H2,1-8H3,(H,40,46)(H,41,48)(H,42,49)(H,43,47);5-14,18,20,25,36-37H,3-4,15-17,19H2,1-2H3/t29-,30-,31+,32+;25-,30-/m01/s1. The second kappa shape index (κ2) is 32.6. The van der Waals surface area contributed by atoms with E-state index in [0.29, 0.717) is 43.5 Å². The summed E-state index contributed by atoms with van der Waals surface area (Å²) in [5.41, 5.74) is 4.90. The van der Waals surface area contributed by atoms with Gasteiger partial charge in [0.15, 0.2) is 5.03 Å². The minimum atomic E-state index is -4.65. The SMILES string of the molecule is CCC[C@@]1(CCc2ccccc2)CC(O)=C([C@H](CC)c2cccc(NS(=O)(=O)c3ccc(C(F)(F)F)cn3)c2)C(=O)O1.COC(=O)N[C@H](C(=O)N[C@@H](Cc1ccccc1)[C@@H](O)CN(Cc1ccc(-c2ccccn2)cc1)NC(=O)[C@@H](NC(=O)OC)C(C)(C)C)C(C)(C)C. The molecule has 0 bridgehead atoms. The van der Waals surface area contributed by atoms with Gasteiger partial charge in [-0.1, -0.05) is 165 Å². The van der Waals surface area contributed by atoms with Crippen LogP contribution >= 0.6 is 0 Å². The Bertz CT molecular complexity index is 3590. The van der Waals surface area contributed by atoms with Gasteiger partial charge < -0.3 is 40.4 Å². The van der Waals surface area contributed by atoms with Gasteiger partial charge in [-0.3, -0.25) is 24.7 Å². The molecule has 4 amide bonds. The van der Waals surface area contributed by atoms with Gasteiger partial charge in [0.05, 0.1) is 43.2 Å². The zero-order valence-electron chi connectivity index (χ0n) is 54.0. The van der Waals surface area contributed by atoms with Gasteiger partial charge in [0.25, 0.3) is 15.9 Å². The number of anilines is 1. The fraction of sp³-hybridized carbons (Fsp3) is 0.406. The molecule has 93 heavy (non-hydrogen) atoms. The van der Waals surface area contributed by atoms with E-state index in [1.165, 1.54) is 26.4 Å². The number of hydrogen-bond donors (Lipinski definition) is 7. The molecule has 0 saturated heterocycles. The summed E-state index contributed by atoms with van der Waals surface area (Å²) < 4.78 is 82.2.